The van der Waals surface area contributed by atoms with E-state index in [0.29, 0.717) is 0 Å². The zero-order valence-electron chi connectivity index (χ0n) is 20.7. The van der Waals surface area contributed by atoms with Gasteiger partial charge in [-0.15, -0.1) is 0 Å². The Hall–Kier alpha value is -1.57. The molecule has 1 heterocycles. The molecule has 0 amide bonds. The molecule has 174 valence electrons. The maximum atomic E-state index is 2.52. The first-order valence-electron chi connectivity index (χ1n) is 13.5. The fourth-order valence-electron chi connectivity index (χ4n) is 4.58. The van der Waals surface area contributed by atoms with E-state index >= 15 is 0 Å². The van der Waals surface area contributed by atoms with E-state index in [1.54, 1.807) is 0 Å². The van der Waals surface area contributed by atoms with Gasteiger partial charge < -0.3 is 0 Å². The summed E-state index contributed by atoms with van der Waals surface area (Å²) in [5, 5.41) is 0. The lowest BCUT2D eigenvalue weighted by molar-refractivity contribution is -0.704. The van der Waals surface area contributed by atoms with Gasteiger partial charge in [0.1, 0.15) is 18.1 Å². The molecule has 31 heavy (non-hydrogen) atoms. The molecule has 0 atom stereocenters. The first-order chi connectivity index (χ1) is 15.4. The average Bonchev–Trinajstić information content (AvgIpc) is 3.20. The summed E-state index contributed by atoms with van der Waals surface area (Å²) in [6.45, 7) is 5.75. The van der Waals surface area contributed by atoms with Crippen LogP contribution in [0.1, 0.15) is 122 Å². The fourth-order valence-corrected chi connectivity index (χ4v) is 4.58. The van der Waals surface area contributed by atoms with Crippen molar-refractivity contribution in [1.82, 2.24) is 4.57 Å². The maximum absolute atomic E-state index is 2.52. The summed E-state index contributed by atoms with van der Waals surface area (Å²) < 4.78 is 4.94. The van der Waals surface area contributed by atoms with Crippen molar-refractivity contribution in [1.29, 1.82) is 0 Å². The van der Waals surface area contributed by atoms with Crippen LogP contribution in [0.25, 0.3) is 5.69 Å². The Morgan fingerprint density at radius 1 is 0.613 bits per heavy atom. The molecule has 0 radical (unpaired) electrons. The molecule has 1 aromatic heterocycles. The van der Waals surface area contributed by atoms with E-state index < -0.39 is 0 Å². The second-order valence-corrected chi connectivity index (χ2v) is 9.31. The smallest absolute Gasteiger partial charge is 0.234 e. The summed E-state index contributed by atoms with van der Waals surface area (Å²) in [4.78, 5) is 0. The van der Waals surface area contributed by atoms with Crippen LogP contribution in [-0.4, -0.2) is 4.57 Å². The number of benzene rings is 1. The van der Waals surface area contributed by atoms with Crippen LogP contribution in [0.5, 0.6) is 0 Å². The number of hydrogen-bond acceptors (Lipinski definition) is 0. The number of para-hydroxylation sites is 1. The highest BCUT2D eigenvalue weighted by Crippen LogP contribution is 2.15. The van der Waals surface area contributed by atoms with Gasteiger partial charge in [-0.05, 0) is 31.4 Å². The number of rotatable bonds is 19. The molecule has 0 aliphatic heterocycles. The van der Waals surface area contributed by atoms with Crippen molar-refractivity contribution in [3.05, 3.63) is 48.5 Å². The van der Waals surface area contributed by atoms with Gasteiger partial charge in [-0.1, -0.05) is 116 Å². The van der Waals surface area contributed by atoms with Gasteiger partial charge in [0.15, 0.2) is 0 Å². The van der Waals surface area contributed by atoms with Crippen molar-refractivity contribution in [2.24, 2.45) is 0 Å². The monoisotopic (exact) mass is 425 g/mol. The Morgan fingerprint density at radius 3 is 1.71 bits per heavy atom. The van der Waals surface area contributed by atoms with Crippen molar-refractivity contribution in [2.75, 3.05) is 0 Å². The van der Waals surface area contributed by atoms with Crippen LogP contribution in [0.2, 0.25) is 0 Å². The molecule has 0 bridgehead atoms. The van der Waals surface area contributed by atoms with Crippen LogP contribution in [0.4, 0.5) is 0 Å². The third-order valence-corrected chi connectivity index (χ3v) is 6.55. The van der Waals surface area contributed by atoms with Crippen molar-refractivity contribution < 1.29 is 4.57 Å². The Kier molecular flexibility index (Phi) is 14.1. The predicted molar refractivity (Wildman–Crippen MR) is 135 cm³/mol. The molecule has 2 aromatic rings. The molecular formula is C29H49N2+. The fraction of sp³-hybridized carbons (Fsp3) is 0.690. The van der Waals surface area contributed by atoms with Gasteiger partial charge in [-0.25, -0.2) is 4.57 Å². The summed E-state index contributed by atoms with van der Waals surface area (Å²) in [7, 11) is 0. The predicted octanol–water partition coefficient (Wildman–Crippen LogP) is 8.59. The van der Waals surface area contributed by atoms with Gasteiger partial charge in [-0.3, -0.25) is 0 Å². The molecule has 2 heteroatoms. The summed E-state index contributed by atoms with van der Waals surface area (Å²) in [6, 6.07) is 10.9. The first-order valence-corrected chi connectivity index (χ1v) is 13.5. The zero-order chi connectivity index (χ0) is 22.0. The highest BCUT2D eigenvalue weighted by molar-refractivity contribution is 5.31. The van der Waals surface area contributed by atoms with Gasteiger partial charge in [0.05, 0.1) is 6.54 Å². The molecule has 0 fully saturated rings. The summed E-state index contributed by atoms with van der Waals surface area (Å²) in [5.41, 5.74) is 1.30. The lowest BCUT2D eigenvalue weighted by atomic mass is 10.1. The quantitative estimate of drug-likeness (QED) is 0.157. The second kappa shape index (κ2) is 17.0. The molecule has 2 rings (SSSR count). The Bertz CT molecular complexity index is 659. The van der Waals surface area contributed by atoms with Gasteiger partial charge >= 0.3 is 0 Å². The molecule has 2 nitrogen and oxygen atoms in total. The maximum Gasteiger partial charge on any atom is 0.261 e. The van der Waals surface area contributed by atoms with Crippen LogP contribution in [0.3, 0.4) is 0 Å². The highest BCUT2D eigenvalue weighted by Gasteiger charge is 2.18. The molecule has 0 saturated heterocycles. The summed E-state index contributed by atoms with van der Waals surface area (Å²) >= 11 is 0. The molecule has 0 aliphatic carbocycles. The number of aryl methyl sites for hydroxylation is 1. The molecular weight excluding hydrogens is 376 g/mol. The summed E-state index contributed by atoms with van der Waals surface area (Å²) in [6.07, 6.45) is 28.0. The molecule has 1 aromatic carbocycles. The number of aromatic nitrogens is 2. The van der Waals surface area contributed by atoms with Crippen LogP contribution in [0.15, 0.2) is 42.7 Å². The lowest BCUT2D eigenvalue weighted by Crippen LogP contribution is -2.37. The molecule has 0 aliphatic rings. The van der Waals surface area contributed by atoms with Crippen molar-refractivity contribution in [2.45, 2.75) is 130 Å². The number of hydrogen-bond donors (Lipinski definition) is 0. The van der Waals surface area contributed by atoms with Gasteiger partial charge in [0, 0.05) is 6.42 Å². The molecule has 0 spiro atoms. The Labute approximate surface area is 193 Å². The van der Waals surface area contributed by atoms with E-state index in [2.05, 4.69) is 65.7 Å². The first kappa shape index (κ1) is 25.7. The topological polar surface area (TPSA) is 8.81 Å². The van der Waals surface area contributed by atoms with Crippen molar-refractivity contribution >= 4 is 0 Å². The van der Waals surface area contributed by atoms with E-state index in [9.17, 15) is 0 Å². The van der Waals surface area contributed by atoms with E-state index in [0.717, 1.165) is 6.54 Å². The number of imidazole rings is 1. The Morgan fingerprint density at radius 2 is 1.13 bits per heavy atom. The summed E-state index contributed by atoms with van der Waals surface area (Å²) in [5.74, 6) is 1.48. The largest absolute Gasteiger partial charge is 0.261 e. The van der Waals surface area contributed by atoms with Crippen LogP contribution < -0.4 is 4.57 Å². The Balaban J connectivity index is 1.75. The van der Waals surface area contributed by atoms with Crippen LogP contribution >= 0.6 is 0 Å². The number of unbranched alkanes of at least 4 members (excludes halogenated alkanes) is 14. The van der Waals surface area contributed by atoms with Gasteiger partial charge in [-0.2, -0.15) is 4.57 Å². The molecule has 0 saturated carbocycles. The highest BCUT2D eigenvalue weighted by atomic mass is 15.1. The van der Waals surface area contributed by atoms with Crippen molar-refractivity contribution in [3.63, 3.8) is 0 Å². The van der Waals surface area contributed by atoms with Gasteiger partial charge in [0.25, 0.3) is 5.82 Å². The minimum absolute atomic E-state index is 1.16. The molecule has 0 N–H and O–H groups in total. The zero-order valence-corrected chi connectivity index (χ0v) is 20.7. The minimum Gasteiger partial charge on any atom is -0.234 e. The van der Waals surface area contributed by atoms with Crippen LogP contribution in [-0.2, 0) is 13.0 Å². The average molecular weight is 426 g/mol. The normalized spacial score (nSPS) is 11.3. The lowest BCUT2D eigenvalue weighted by Gasteiger charge is -2.06. The van der Waals surface area contributed by atoms with Crippen LogP contribution in [0, 0.1) is 0 Å². The molecule has 0 unspecified atom stereocenters. The van der Waals surface area contributed by atoms with Crippen molar-refractivity contribution in [3.8, 4) is 5.69 Å². The third-order valence-electron chi connectivity index (χ3n) is 6.55. The van der Waals surface area contributed by atoms with E-state index in [1.807, 2.05) is 0 Å². The second-order valence-electron chi connectivity index (χ2n) is 9.31. The number of nitrogens with zero attached hydrogens (tertiary/aromatic N) is 2. The van der Waals surface area contributed by atoms with E-state index in [4.69, 9.17) is 0 Å². The van der Waals surface area contributed by atoms with E-state index in [-0.39, 0.29) is 0 Å². The van der Waals surface area contributed by atoms with E-state index in [1.165, 1.54) is 121 Å². The SMILES string of the molecule is CCCCCCCCCCCCCc1n(-c2ccccc2)cc[n+]1CCCCCCC. The minimum atomic E-state index is 1.16. The standard InChI is InChI=1S/C29H49N2/c1-3-5-7-9-10-11-12-13-14-15-20-24-29-30(25-21-16-8-6-4-2)26-27-31(29)28-22-18-17-19-23-28/h17-19,22-23,26-27H,3-16,20-21,24-25H2,1-2H3/q+1. The third kappa shape index (κ3) is 10.5. The van der Waals surface area contributed by atoms with Gasteiger partial charge in [0.2, 0.25) is 0 Å².